The molecule has 7 heteroatoms. The second kappa shape index (κ2) is 8.68. The van der Waals surface area contributed by atoms with Crippen LogP contribution in [-0.4, -0.2) is 49.2 Å². The smallest absolute Gasteiger partial charge is 0.258 e. The summed E-state index contributed by atoms with van der Waals surface area (Å²) in [5.74, 6) is 0.711. The van der Waals surface area contributed by atoms with Gasteiger partial charge in [0.25, 0.3) is 5.91 Å². The number of thiocarbonyl (C=S) groups is 1. The van der Waals surface area contributed by atoms with Crippen molar-refractivity contribution in [2.24, 2.45) is 0 Å². The molecule has 1 aliphatic heterocycles. The number of halogens is 1. The number of benzene rings is 2. The summed E-state index contributed by atoms with van der Waals surface area (Å²) >= 11 is 7.60. The second-order valence-electron chi connectivity index (χ2n) is 5.89. The minimum Gasteiger partial charge on any atom is -0.495 e. The van der Waals surface area contributed by atoms with Gasteiger partial charge in [-0.2, -0.15) is 0 Å². The summed E-state index contributed by atoms with van der Waals surface area (Å²) in [5, 5.41) is 3.34. The number of amides is 1. The minimum absolute atomic E-state index is 0.160. The maximum absolute atomic E-state index is 12.4. The molecular weight excluding hydrogens is 461 g/mol. The Morgan fingerprint density at radius 1 is 1.08 bits per heavy atom. The summed E-state index contributed by atoms with van der Waals surface area (Å²) in [5.41, 5.74) is 1.73. The first-order valence-electron chi connectivity index (χ1n) is 8.33. The maximum Gasteiger partial charge on any atom is 0.258 e. The summed E-state index contributed by atoms with van der Waals surface area (Å²) in [6.45, 7) is 3.14. The van der Waals surface area contributed by atoms with E-state index in [1.807, 2.05) is 41.3 Å². The molecule has 5 nitrogen and oxygen atoms in total. The van der Waals surface area contributed by atoms with Gasteiger partial charge in [-0.3, -0.25) is 10.1 Å². The Bertz CT molecular complexity index is 807. The van der Waals surface area contributed by atoms with Gasteiger partial charge in [0.1, 0.15) is 5.75 Å². The molecule has 1 heterocycles. The third-order valence-electron chi connectivity index (χ3n) is 4.33. The van der Waals surface area contributed by atoms with Gasteiger partial charge in [-0.1, -0.05) is 24.3 Å². The highest BCUT2D eigenvalue weighted by molar-refractivity contribution is 14.1. The van der Waals surface area contributed by atoms with Gasteiger partial charge in [0, 0.05) is 29.7 Å². The molecular formula is C19H20IN3O2S. The predicted octanol–water partition coefficient (Wildman–Crippen LogP) is 3.14. The minimum atomic E-state index is -0.160. The first kappa shape index (κ1) is 18.9. The van der Waals surface area contributed by atoms with Crippen LogP contribution in [0.4, 0.5) is 5.69 Å². The maximum atomic E-state index is 12.4. The standard InChI is InChI=1S/C19H20IN3O2S/c1-25-17-9-5-4-8-16(17)22-10-12-23(13-11-22)19(26)21-18(24)14-6-2-3-7-15(14)20/h2-9H,10-13H2,1H3,(H,21,24,26). The van der Waals surface area contributed by atoms with E-state index in [2.05, 4.69) is 38.9 Å². The van der Waals surface area contributed by atoms with Crippen LogP contribution < -0.4 is 15.0 Å². The van der Waals surface area contributed by atoms with Crippen molar-refractivity contribution < 1.29 is 9.53 Å². The predicted molar refractivity (Wildman–Crippen MR) is 116 cm³/mol. The third kappa shape index (κ3) is 4.27. The molecule has 1 aliphatic rings. The zero-order valence-corrected chi connectivity index (χ0v) is 17.4. The molecule has 0 spiro atoms. The summed E-state index contributed by atoms with van der Waals surface area (Å²) in [6, 6.07) is 15.5. The van der Waals surface area contributed by atoms with Crippen LogP contribution in [-0.2, 0) is 0 Å². The molecule has 0 saturated carbocycles. The molecule has 136 valence electrons. The number of ether oxygens (including phenoxy) is 1. The van der Waals surface area contributed by atoms with Crippen molar-refractivity contribution in [3.8, 4) is 5.75 Å². The SMILES string of the molecule is COc1ccccc1N1CCN(C(=S)NC(=O)c2ccccc2I)CC1. The zero-order valence-electron chi connectivity index (χ0n) is 14.4. The average molecular weight is 481 g/mol. The van der Waals surface area contributed by atoms with Crippen LogP contribution in [0.15, 0.2) is 48.5 Å². The van der Waals surface area contributed by atoms with Crippen LogP contribution in [0.2, 0.25) is 0 Å². The first-order chi connectivity index (χ1) is 12.6. The van der Waals surface area contributed by atoms with Crippen molar-refractivity contribution in [2.75, 3.05) is 38.2 Å². The lowest BCUT2D eigenvalue weighted by molar-refractivity contribution is 0.0972. The highest BCUT2D eigenvalue weighted by atomic mass is 127. The molecule has 0 aromatic heterocycles. The van der Waals surface area contributed by atoms with Gasteiger partial charge in [0.15, 0.2) is 5.11 Å². The quantitative estimate of drug-likeness (QED) is 0.540. The molecule has 0 bridgehead atoms. The molecule has 0 atom stereocenters. The van der Waals surface area contributed by atoms with E-state index in [4.69, 9.17) is 17.0 Å². The first-order valence-corrected chi connectivity index (χ1v) is 9.81. The second-order valence-corrected chi connectivity index (χ2v) is 7.43. The number of rotatable bonds is 3. The highest BCUT2D eigenvalue weighted by Gasteiger charge is 2.22. The van der Waals surface area contributed by atoms with E-state index in [-0.39, 0.29) is 5.91 Å². The van der Waals surface area contributed by atoms with Crippen molar-refractivity contribution in [1.82, 2.24) is 10.2 Å². The van der Waals surface area contributed by atoms with Crippen LogP contribution in [0.3, 0.4) is 0 Å². The summed E-state index contributed by atoms with van der Waals surface area (Å²) in [6.07, 6.45) is 0. The largest absolute Gasteiger partial charge is 0.495 e. The summed E-state index contributed by atoms with van der Waals surface area (Å²) in [4.78, 5) is 16.7. The lowest BCUT2D eigenvalue weighted by Gasteiger charge is -2.37. The Balaban J connectivity index is 1.59. The zero-order chi connectivity index (χ0) is 18.5. The van der Waals surface area contributed by atoms with Crippen molar-refractivity contribution >= 4 is 51.5 Å². The highest BCUT2D eigenvalue weighted by Crippen LogP contribution is 2.28. The van der Waals surface area contributed by atoms with Gasteiger partial charge < -0.3 is 14.5 Å². The molecule has 26 heavy (non-hydrogen) atoms. The fourth-order valence-electron chi connectivity index (χ4n) is 2.93. The number of carbonyl (C=O) groups excluding carboxylic acids is 1. The van der Waals surface area contributed by atoms with E-state index >= 15 is 0 Å². The van der Waals surface area contributed by atoms with Gasteiger partial charge in [-0.15, -0.1) is 0 Å². The molecule has 1 saturated heterocycles. The number of piperazine rings is 1. The van der Waals surface area contributed by atoms with E-state index in [0.717, 1.165) is 41.2 Å². The Morgan fingerprint density at radius 2 is 1.73 bits per heavy atom. The normalized spacial score (nSPS) is 14.1. The number of hydrogen-bond donors (Lipinski definition) is 1. The lowest BCUT2D eigenvalue weighted by atomic mass is 10.2. The molecule has 0 radical (unpaired) electrons. The van der Waals surface area contributed by atoms with Crippen molar-refractivity contribution in [1.29, 1.82) is 0 Å². The lowest BCUT2D eigenvalue weighted by Crippen LogP contribution is -2.52. The van der Waals surface area contributed by atoms with Gasteiger partial charge in [0.05, 0.1) is 18.4 Å². The van der Waals surface area contributed by atoms with Crippen LogP contribution in [0.5, 0.6) is 5.75 Å². The molecule has 0 unspecified atom stereocenters. The molecule has 3 rings (SSSR count). The fourth-order valence-corrected chi connectivity index (χ4v) is 3.84. The number of nitrogens with zero attached hydrogens (tertiary/aromatic N) is 2. The van der Waals surface area contributed by atoms with Crippen LogP contribution in [0.25, 0.3) is 0 Å². The molecule has 2 aromatic carbocycles. The Labute approximate surface area is 172 Å². The summed E-state index contributed by atoms with van der Waals surface area (Å²) < 4.78 is 6.36. The van der Waals surface area contributed by atoms with Crippen molar-refractivity contribution in [3.05, 3.63) is 57.7 Å². The topological polar surface area (TPSA) is 44.8 Å². The molecule has 0 aliphatic carbocycles. The number of anilines is 1. The van der Waals surface area contributed by atoms with E-state index < -0.39 is 0 Å². The molecule has 1 N–H and O–H groups in total. The van der Waals surface area contributed by atoms with Gasteiger partial charge in [0.2, 0.25) is 0 Å². The van der Waals surface area contributed by atoms with Crippen LogP contribution in [0.1, 0.15) is 10.4 Å². The van der Waals surface area contributed by atoms with Crippen molar-refractivity contribution in [3.63, 3.8) is 0 Å². The summed E-state index contributed by atoms with van der Waals surface area (Å²) in [7, 11) is 1.69. The number of nitrogens with one attached hydrogen (secondary N) is 1. The van der Waals surface area contributed by atoms with E-state index in [9.17, 15) is 4.79 Å². The van der Waals surface area contributed by atoms with E-state index in [1.165, 1.54) is 0 Å². The Hall–Kier alpha value is -1.87. The van der Waals surface area contributed by atoms with Gasteiger partial charge in [-0.25, -0.2) is 0 Å². The number of para-hydroxylation sites is 2. The van der Waals surface area contributed by atoms with Gasteiger partial charge in [-0.05, 0) is 59.1 Å². The monoisotopic (exact) mass is 481 g/mol. The van der Waals surface area contributed by atoms with Crippen molar-refractivity contribution in [2.45, 2.75) is 0 Å². The van der Waals surface area contributed by atoms with E-state index in [0.29, 0.717) is 10.7 Å². The Kier molecular flexibility index (Phi) is 6.31. The molecule has 2 aromatic rings. The van der Waals surface area contributed by atoms with Crippen LogP contribution in [0, 0.1) is 3.57 Å². The molecule has 1 amide bonds. The number of methoxy groups -OCH3 is 1. The fraction of sp³-hybridized carbons (Fsp3) is 0.263. The molecule has 1 fully saturated rings. The van der Waals surface area contributed by atoms with Gasteiger partial charge >= 0.3 is 0 Å². The number of hydrogen-bond acceptors (Lipinski definition) is 4. The number of carbonyl (C=O) groups is 1. The van der Waals surface area contributed by atoms with Crippen LogP contribution >= 0.6 is 34.8 Å². The van der Waals surface area contributed by atoms with E-state index in [1.54, 1.807) is 13.2 Å². The third-order valence-corrected chi connectivity index (χ3v) is 5.63. The average Bonchev–Trinajstić information content (AvgIpc) is 2.68. The Morgan fingerprint density at radius 3 is 2.42 bits per heavy atom.